The summed E-state index contributed by atoms with van der Waals surface area (Å²) < 4.78 is 5.32. The fourth-order valence-corrected chi connectivity index (χ4v) is 1.35. The van der Waals surface area contributed by atoms with Crippen molar-refractivity contribution in [2.75, 3.05) is 18.5 Å². The molecule has 2 N–H and O–H groups in total. The number of carbonyl (C=O) groups is 1. The van der Waals surface area contributed by atoms with Crippen molar-refractivity contribution in [3.05, 3.63) is 22.8 Å². The van der Waals surface area contributed by atoms with E-state index in [0.29, 0.717) is 13.2 Å². The molecule has 0 fully saturated rings. The van der Waals surface area contributed by atoms with E-state index in [9.17, 15) is 4.79 Å². The van der Waals surface area contributed by atoms with E-state index in [-0.39, 0.29) is 22.6 Å². The van der Waals surface area contributed by atoms with Crippen molar-refractivity contribution in [2.24, 2.45) is 0 Å². The number of rotatable bonds is 6. The third-order valence-corrected chi connectivity index (χ3v) is 2.15. The first-order valence-corrected chi connectivity index (χ1v) is 5.64. The lowest BCUT2D eigenvalue weighted by Crippen LogP contribution is -2.16. The Morgan fingerprint density at radius 2 is 2.29 bits per heavy atom. The molecular weight excluding hydrogens is 244 g/mol. The fourth-order valence-electron chi connectivity index (χ4n) is 1.21. The van der Waals surface area contributed by atoms with Crippen molar-refractivity contribution in [3.63, 3.8) is 0 Å². The van der Waals surface area contributed by atoms with Crippen LogP contribution in [0.1, 0.15) is 24.2 Å². The zero-order chi connectivity index (χ0) is 12.8. The van der Waals surface area contributed by atoms with Crippen LogP contribution in [0.5, 0.6) is 0 Å². The van der Waals surface area contributed by atoms with Gasteiger partial charge in [0.25, 0.3) is 0 Å². The first kappa shape index (κ1) is 13.7. The Bertz CT molecular complexity index is 396. The van der Waals surface area contributed by atoms with Gasteiger partial charge in [-0.25, -0.2) is 9.78 Å². The van der Waals surface area contributed by atoms with E-state index in [1.165, 1.54) is 12.1 Å². The average Bonchev–Trinajstić information content (AvgIpc) is 2.23. The Balaban J connectivity index is 2.62. The number of hydrogen-bond donors (Lipinski definition) is 2. The maximum atomic E-state index is 10.9. The number of nitrogens with zero attached hydrogens (tertiary/aromatic N) is 1. The summed E-state index contributed by atoms with van der Waals surface area (Å²) in [5.41, 5.74) is 0.0962. The number of ether oxygens (including phenoxy) is 1. The van der Waals surface area contributed by atoms with Crippen LogP contribution >= 0.6 is 11.6 Å². The molecule has 0 aromatic carbocycles. The predicted octanol–water partition coefficient (Wildman–Crippen LogP) is 2.27. The average molecular weight is 259 g/mol. The van der Waals surface area contributed by atoms with Crippen LogP contribution in [-0.4, -0.2) is 35.3 Å². The molecule has 0 saturated carbocycles. The quantitative estimate of drug-likeness (QED) is 0.605. The molecule has 1 rings (SSSR count). The minimum atomic E-state index is -1.04. The van der Waals surface area contributed by atoms with Gasteiger partial charge in [0.2, 0.25) is 0 Å². The molecule has 17 heavy (non-hydrogen) atoms. The number of carboxylic acid groups (broad SMARTS) is 1. The van der Waals surface area contributed by atoms with Gasteiger partial charge in [-0.3, -0.25) is 0 Å². The SMILES string of the molecule is CC(C)OCCNc1nc(Cl)ccc1C(=O)O. The van der Waals surface area contributed by atoms with Crippen molar-refractivity contribution in [1.29, 1.82) is 0 Å². The molecule has 0 aliphatic heterocycles. The Morgan fingerprint density at radius 1 is 1.59 bits per heavy atom. The first-order chi connectivity index (χ1) is 8.00. The zero-order valence-corrected chi connectivity index (χ0v) is 10.5. The van der Waals surface area contributed by atoms with Crippen LogP contribution < -0.4 is 5.32 Å². The smallest absolute Gasteiger partial charge is 0.339 e. The van der Waals surface area contributed by atoms with Crippen molar-refractivity contribution in [3.8, 4) is 0 Å². The maximum absolute atomic E-state index is 10.9. The third-order valence-electron chi connectivity index (χ3n) is 1.94. The molecule has 0 atom stereocenters. The number of hydrogen-bond acceptors (Lipinski definition) is 4. The highest BCUT2D eigenvalue weighted by Crippen LogP contribution is 2.16. The van der Waals surface area contributed by atoms with Crippen molar-refractivity contribution >= 4 is 23.4 Å². The van der Waals surface area contributed by atoms with Crippen molar-refractivity contribution in [1.82, 2.24) is 4.98 Å². The third kappa shape index (κ3) is 4.58. The second kappa shape index (κ2) is 6.42. The topological polar surface area (TPSA) is 71.5 Å². The number of anilines is 1. The van der Waals surface area contributed by atoms with Gasteiger partial charge in [-0.2, -0.15) is 0 Å². The van der Waals surface area contributed by atoms with Gasteiger partial charge >= 0.3 is 5.97 Å². The molecule has 0 amide bonds. The molecule has 1 aromatic heterocycles. The summed E-state index contributed by atoms with van der Waals surface area (Å²) in [5.74, 6) is -0.779. The Labute approximate surface area is 105 Å². The number of carboxylic acids is 1. The van der Waals surface area contributed by atoms with Gasteiger partial charge in [0.1, 0.15) is 16.5 Å². The molecule has 0 bridgehead atoms. The summed E-state index contributed by atoms with van der Waals surface area (Å²) in [6, 6.07) is 2.87. The van der Waals surface area contributed by atoms with Gasteiger partial charge < -0.3 is 15.2 Å². The van der Waals surface area contributed by atoms with Crippen LogP contribution in [0, 0.1) is 0 Å². The van der Waals surface area contributed by atoms with Crippen molar-refractivity contribution in [2.45, 2.75) is 20.0 Å². The highest BCUT2D eigenvalue weighted by Gasteiger charge is 2.11. The molecule has 6 heteroatoms. The zero-order valence-electron chi connectivity index (χ0n) is 9.74. The molecule has 0 unspecified atom stereocenters. The van der Waals surface area contributed by atoms with E-state index in [1.54, 1.807) is 0 Å². The molecule has 1 heterocycles. The Kier molecular flexibility index (Phi) is 5.18. The van der Waals surface area contributed by atoms with E-state index in [1.807, 2.05) is 13.8 Å². The summed E-state index contributed by atoms with van der Waals surface area (Å²) in [7, 11) is 0. The van der Waals surface area contributed by atoms with Crippen LogP contribution in [0.25, 0.3) is 0 Å². The van der Waals surface area contributed by atoms with E-state index in [0.717, 1.165) is 0 Å². The molecule has 0 saturated heterocycles. The fraction of sp³-hybridized carbons (Fsp3) is 0.455. The van der Waals surface area contributed by atoms with Gasteiger partial charge in [-0.1, -0.05) is 11.6 Å². The van der Waals surface area contributed by atoms with E-state index >= 15 is 0 Å². The molecule has 1 aromatic rings. The van der Waals surface area contributed by atoms with E-state index in [4.69, 9.17) is 21.4 Å². The van der Waals surface area contributed by atoms with Crippen LogP contribution in [-0.2, 0) is 4.74 Å². The predicted molar refractivity (Wildman–Crippen MR) is 65.8 cm³/mol. The van der Waals surface area contributed by atoms with Gasteiger partial charge in [-0.15, -0.1) is 0 Å². The molecule has 94 valence electrons. The van der Waals surface area contributed by atoms with E-state index in [2.05, 4.69) is 10.3 Å². The number of pyridine rings is 1. The van der Waals surface area contributed by atoms with Crippen molar-refractivity contribution < 1.29 is 14.6 Å². The Morgan fingerprint density at radius 3 is 2.88 bits per heavy atom. The molecule has 0 aliphatic rings. The minimum Gasteiger partial charge on any atom is -0.478 e. The summed E-state index contributed by atoms with van der Waals surface area (Å²) in [6.07, 6.45) is 0.142. The van der Waals surface area contributed by atoms with Gasteiger partial charge in [0.15, 0.2) is 0 Å². The highest BCUT2D eigenvalue weighted by molar-refractivity contribution is 6.29. The van der Waals surface area contributed by atoms with E-state index < -0.39 is 5.97 Å². The largest absolute Gasteiger partial charge is 0.478 e. The minimum absolute atomic E-state index is 0.0962. The summed E-state index contributed by atoms with van der Waals surface area (Å²) in [6.45, 7) is 4.82. The standard InChI is InChI=1S/C11H15ClN2O3/c1-7(2)17-6-5-13-10-8(11(15)16)3-4-9(12)14-10/h3-4,7H,5-6H2,1-2H3,(H,13,14)(H,15,16). The summed E-state index contributed by atoms with van der Waals surface area (Å²) in [5, 5.41) is 12.1. The lowest BCUT2D eigenvalue weighted by molar-refractivity contribution is 0.0696. The van der Waals surface area contributed by atoms with Gasteiger partial charge in [-0.05, 0) is 26.0 Å². The second-order valence-corrected chi connectivity index (χ2v) is 4.07. The number of nitrogens with one attached hydrogen (secondary N) is 1. The van der Waals surface area contributed by atoms with Crippen LogP contribution in [0.15, 0.2) is 12.1 Å². The van der Waals surface area contributed by atoms with Crippen LogP contribution in [0.2, 0.25) is 5.15 Å². The van der Waals surface area contributed by atoms with Crippen LogP contribution in [0.4, 0.5) is 5.82 Å². The van der Waals surface area contributed by atoms with Crippen LogP contribution in [0.3, 0.4) is 0 Å². The first-order valence-electron chi connectivity index (χ1n) is 5.26. The molecule has 0 radical (unpaired) electrons. The molecule has 0 aliphatic carbocycles. The molecular formula is C11H15ClN2O3. The molecule has 0 spiro atoms. The normalized spacial score (nSPS) is 10.6. The highest BCUT2D eigenvalue weighted by atomic mass is 35.5. The van der Waals surface area contributed by atoms with Gasteiger partial charge in [0, 0.05) is 6.54 Å². The Hall–Kier alpha value is -1.33. The monoisotopic (exact) mass is 258 g/mol. The molecule has 5 nitrogen and oxygen atoms in total. The lowest BCUT2D eigenvalue weighted by Gasteiger charge is -2.10. The number of aromatic nitrogens is 1. The second-order valence-electron chi connectivity index (χ2n) is 3.68. The number of halogens is 1. The number of aromatic carboxylic acids is 1. The maximum Gasteiger partial charge on any atom is 0.339 e. The van der Waals surface area contributed by atoms with Gasteiger partial charge in [0.05, 0.1) is 12.7 Å². The summed E-state index contributed by atoms with van der Waals surface area (Å²) in [4.78, 5) is 14.8. The lowest BCUT2D eigenvalue weighted by atomic mass is 10.2. The summed E-state index contributed by atoms with van der Waals surface area (Å²) >= 11 is 5.71.